The van der Waals surface area contributed by atoms with Gasteiger partial charge in [-0.1, -0.05) is 36.4 Å². The normalized spacial score (nSPS) is 13.7. The number of hydrogen-bond donors (Lipinski definition) is 1. The summed E-state index contributed by atoms with van der Waals surface area (Å²) in [5.74, 6) is 0. The summed E-state index contributed by atoms with van der Waals surface area (Å²) in [5, 5.41) is 0. The van der Waals surface area contributed by atoms with E-state index in [0.717, 1.165) is 16.7 Å². The smallest absolute Gasteiger partial charge is 0.187 e. The monoisotopic (exact) mass is 222 g/mol. The maximum Gasteiger partial charge on any atom is 0.187 e. The molecule has 1 rings (SSSR count). The molecule has 80 valence electrons. The van der Waals surface area contributed by atoms with E-state index in [0.29, 0.717) is 4.91 Å². The van der Waals surface area contributed by atoms with E-state index < -0.39 is 11.1 Å². The van der Waals surface area contributed by atoms with Crippen LogP contribution in [0.1, 0.15) is 16.7 Å². The summed E-state index contributed by atoms with van der Waals surface area (Å²) >= 11 is -1.98. The minimum Gasteiger partial charge on any atom is -0.302 e. The van der Waals surface area contributed by atoms with Crippen molar-refractivity contribution in [3.05, 3.63) is 53.6 Å². The summed E-state index contributed by atoms with van der Waals surface area (Å²) in [6.45, 7) is 7.45. The first-order chi connectivity index (χ1) is 7.06. The predicted octanol–water partition coefficient (Wildman–Crippen LogP) is 3.05. The van der Waals surface area contributed by atoms with E-state index >= 15 is 0 Å². The number of aryl methyl sites for hydroxylation is 2. The highest BCUT2D eigenvalue weighted by molar-refractivity contribution is 7.89. The van der Waals surface area contributed by atoms with Crippen LogP contribution in [0.3, 0.4) is 0 Å². The Morgan fingerprint density at radius 2 is 2.13 bits per heavy atom. The van der Waals surface area contributed by atoms with E-state index in [4.69, 9.17) is 4.55 Å². The summed E-state index contributed by atoms with van der Waals surface area (Å²) < 4.78 is 20.3. The van der Waals surface area contributed by atoms with Gasteiger partial charge in [0.05, 0.1) is 4.91 Å². The van der Waals surface area contributed by atoms with Gasteiger partial charge in [0.1, 0.15) is 0 Å². The highest BCUT2D eigenvalue weighted by Gasteiger charge is 2.09. The molecule has 1 atom stereocenters. The van der Waals surface area contributed by atoms with Crippen LogP contribution in [0.2, 0.25) is 0 Å². The zero-order valence-electron chi connectivity index (χ0n) is 8.86. The molecular formula is C12H14O2S. The molecule has 0 saturated carbocycles. The summed E-state index contributed by atoms with van der Waals surface area (Å²) in [7, 11) is 0. The zero-order valence-corrected chi connectivity index (χ0v) is 9.67. The van der Waals surface area contributed by atoms with Crippen molar-refractivity contribution in [2.75, 3.05) is 0 Å². The van der Waals surface area contributed by atoms with Crippen molar-refractivity contribution in [2.45, 2.75) is 13.8 Å². The molecule has 1 aromatic carbocycles. The number of rotatable bonds is 3. The molecule has 0 fully saturated rings. The van der Waals surface area contributed by atoms with Gasteiger partial charge in [0.25, 0.3) is 0 Å². The van der Waals surface area contributed by atoms with Crippen LogP contribution in [0.4, 0.5) is 0 Å². The third-order valence-corrected chi connectivity index (χ3v) is 2.84. The van der Waals surface area contributed by atoms with Gasteiger partial charge < -0.3 is 4.55 Å². The highest BCUT2D eigenvalue weighted by atomic mass is 32.2. The molecule has 0 saturated heterocycles. The van der Waals surface area contributed by atoms with Crippen LogP contribution >= 0.6 is 0 Å². The van der Waals surface area contributed by atoms with E-state index in [-0.39, 0.29) is 0 Å². The molecule has 0 bridgehead atoms. The molecule has 0 aromatic heterocycles. The van der Waals surface area contributed by atoms with Crippen molar-refractivity contribution < 1.29 is 8.76 Å². The predicted molar refractivity (Wildman–Crippen MR) is 64.9 cm³/mol. The molecule has 0 aliphatic heterocycles. The lowest BCUT2D eigenvalue weighted by Gasteiger charge is -2.07. The fraction of sp³-hybridized carbons (Fsp3) is 0.167. The van der Waals surface area contributed by atoms with Gasteiger partial charge in [0.2, 0.25) is 0 Å². The van der Waals surface area contributed by atoms with Crippen LogP contribution in [0.25, 0.3) is 4.91 Å². The minimum absolute atomic E-state index is 0.391. The first-order valence-corrected chi connectivity index (χ1v) is 5.68. The van der Waals surface area contributed by atoms with Gasteiger partial charge in [-0.3, -0.25) is 0 Å². The van der Waals surface area contributed by atoms with Crippen molar-refractivity contribution >= 4 is 16.0 Å². The third kappa shape index (κ3) is 2.88. The Balaban J connectivity index is 3.30. The Morgan fingerprint density at radius 3 is 2.60 bits per heavy atom. The molecule has 0 radical (unpaired) electrons. The fourth-order valence-corrected chi connectivity index (χ4v) is 2.07. The van der Waals surface area contributed by atoms with Gasteiger partial charge >= 0.3 is 0 Å². The molecule has 1 aromatic rings. The Kier molecular flexibility index (Phi) is 4.00. The molecule has 0 amide bonds. The van der Waals surface area contributed by atoms with Crippen LogP contribution in [0, 0.1) is 13.8 Å². The van der Waals surface area contributed by atoms with Gasteiger partial charge in [-0.2, -0.15) is 0 Å². The average Bonchev–Trinajstić information content (AvgIpc) is 2.15. The highest BCUT2D eigenvalue weighted by Crippen LogP contribution is 2.22. The second-order valence-corrected chi connectivity index (χ2v) is 4.27. The molecule has 15 heavy (non-hydrogen) atoms. The van der Waals surface area contributed by atoms with E-state index in [1.807, 2.05) is 32.0 Å². The molecule has 0 heterocycles. The van der Waals surface area contributed by atoms with Crippen LogP contribution in [0.5, 0.6) is 0 Å². The quantitative estimate of drug-likeness (QED) is 0.630. The first-order valence-electron chi connectivity index (χ1n) is 4.57. The minimum atomic E-state index is -1.98. The number of allylic oxidation sites excluding steroid dienone is 2. The Morgan fingerprint density at radius 1 is 1.47 bits per heavy atom. The Hall–Kier alpha value is -1.19. The van der Waals surface area contributed by atoms with Crippen molar-refractivity contribution in [1.82, 2.24) is 0 Å². The molecule has 3 heteroatoms. The molecule has 1 N–H and O–H groups in total. The number of benzene rings is 1. The summed E-state index contributed by atoms with van der Waals surface area (Å²) in [4.78, 5) is 0.391. The van der Waals surface area contributed by atoms with Crippen molar-refractivity contribution in [3.8, 4) is 0 Å². The molecule has 1 unspecified atom stereocenters. The summed E-state index contributed by atoms with van der Waals surface area (Å²) in [5.41, 5.74) is 2.92. The van der Waals surface area contributed by atoms with Crippen molar-refractivity contribution in [3.63, 3.8) is 0 Å². The van der Waals surface area contributed by atoms with Crippen molar-refractivity contribution in [1.29, 1.82) is 0 Å². The van der Waals surface area contributed by atoms with Gasteiger partial charge in [0.15, 0.2) is 11.1 Å². The largest absolute Gasteiger partial charge is 0.302 e. The maximum absolute atomic E-state index is 11.1. The van der Waals surface area contributed by atoms with E-state index in [9.17, 15) is 4.21 Å². The Bertz CT molecular complexity index is 433. The zero-order chi connectivity index (χ0) is 11.4. The van der Waals surface area contributed by atoms with Crippen LogP contribution in [0.15, 0.2) is 36.9 Å². The molecule has 0 spiro atoms. The lowest BCUT2D eigenvalue weighted by molar-refractivity contribution is 0.575. The topological polar surface area (TPSA) is 37.3 Å². The molecule has 0 aliphatic rings. The molecule has 2 nitrogen and oxygen atoms in total. The van der Waals surface area contributed by atoms with Gasteiger partial charge in [0, 0.05) is 0 Å². The fourth-order valence-electron chi connectivity index (χ4n) is 1.44. The summed E-state index contributed by atoms with van der Waals surface area (Å²) in [6, 6.07) is 5.76. The SMILES string of the molecule is C=C/C=C(\c1ccc(C)cc1C)S(=O)O. The second-order valence-electron chi connectivity index (χ2n) is 3.33. The van der Waals surface area contributed by atoms with E-state index in [1.165, 1.54) is 6.08 Å². The van der Waals surface area contributed by atoms with E-state index in [1.54, 1.807) is 6.08 Å². The number of hydrogen-bond acceptors (Lipinski definition) is 1. The second kappa shape index (κ2) is 5.05. The first kappa shape index (κ1) is 11.9. The van der Waals surface area contributed by atoms with Crippen LogP contribution < -0.4 is 0 Å². The average molecular weight is 222 g/mol. The standard InChI is InChI=1S/C12H14O2S/c1-4-5-12(15(13)14)11-7-6-9(2)8-10(11)3/h4-8H,1H2,2-3H3,(H,13,14)/b12-5+. The lowest BCUT2D eigenvalue weighted by atomic mass is 10.1. The van der Waals surface area contributed by atoms with Crippen molar-refractivity contribution in [2.24, 2.45) is 0 Å². The van der Waals surface area contributed by atoms with Crippen LogP contribution in [-0.4, -0.2) is 8.76 Å². The molecular weight excluding hydrogens is 208 g/mol. The van der Waals surface area contributed by atoms with Crippen LogP contribution in [-0.2, 0) is 11.1 Å². The van der Waals surface area contributed by atoms with Gasteiger partial charge in [-0.25, -0.2) is 4.21 Å². The molecule has 0 aliphatic carbocycles. The van der Waals surface area contributed by atoms with Gasteiger partial charge in [-0.15, -0.1) is 0 Å². The lowest BCUT2D eigenvalue weighted by Crippen LogP contribution is -1.95. The third-order valence-electron chi connectivity index (χ3n) is 2.10. The Labute approximate surface area is 92.6 Å². The summed E-state index contributed by atoms with van der Waals surface area (Å²) in [6.07, 6.45) is 3.08. The van der Waals surface area contributed by atoms with E-state index in [2.05, 4.69) is 6.58 Å². The van der Waals surface area contributed by atoms with Gasteiger partial charge in [-0.05, 0) is 31.1 Å². The maximum atomic E-state index is 11.1.